The van der Waals surface area contributed by atoms with Crippen LogP contribution in [0, 0.1) is 11.2 Å². The highest BCUT2D eigenvalue weighted by Crippen LogP contribution is 2.32. The summed E-state index contributed by atoms with van der Waals surface area (Å²) in [5.41, 5.74) is 6.91. The molecule has 0 radical (unpaired) electrons. The van der Waals surface area contributed by atoms with E-state index in [1.54, 1.807) is 18.6 Å². The number of imidazole rings is 1. The number of anilines is 2. The van der Waals surface area contributed by atoms with E-state index in [2.05, 4.69) is 40.7 Å². The summed E-state index contributed by atoms with van der Waals surface area (Å²) in [6.45, 7) is 7.54. The number of aromatic nitrogens is 7. The molecular weight excluding hydrogens is 571 g/mol. The lowest BCUT2D eigenvalue weighted by atomic mass is 9.92. The molecule has 4 N–H and O–H groups in total. The number of carbonyl (C=O) groups excluding carboxylic acids is 1. The molecular formula is C33H35FN10O. The van der Waals surface area contributed by atoms with Crippen molar-refractivity contribution in [2.75, 3.05) is 37.8 Å². The predicted molar refractivity (Wildman–Crippen MR) is 175 cm³/mol. The zero-order valence-corrected chi connectivity index (χ0v) is 25.9. The van der Waals surface area contributed by atoms with Gasteiger partial charge >= 0.3 is 0 Å². The topological polar surface area (TPSA) is 140 Å². The van der Waals surface area contributed by atoms with Gasteiger partial charge in [0.15, 0.2) is 11.5 Å². The summed E-state index contributed by atoms with van der Waals surface area (Å²) in [6, 6.07) is 12.2. The highest BCUT2D eigenvalue weighted by Gasteiger charge is 2.19. The Morgan fingerprint density at radius 1 is 0.933 bits per heavy atom. The van der Waals surface area contributed by atoms with Gasteiger partial charge in [-0.05, 0) is 62.0 Å². The van der Waals surface area contributed by atoms with Crippen molar-refractivity contribution in [1.82, 2.24) is 40.0 Å². The normalized spacial score (nSPS) is 11.9. The average Bonchev–Trinajstić information content (AvgIpc) is 3.59. The quantitative estimate of drug-likeness (QED) is 0.155. The Morgan fingerprint density at radius 3 is 2.53 bits per heavy atom. The number of pyridine rings is 3. The van der Waals surface area contributed by atoms with E-state index in [-0.39, 0.29) is 17.1 Å². The van der Waals surface area contributed by atoms with Crippen LogP contribution in [0.3, 0.4) is 0 Å². The van der Waals surface area contributed by atoms with Gasteiger partial charge in [0.1, 0.15) is 16.9 Å². The molecule has 1 amide bonds. The number of nitrogens with zero attached hydrogens (tertiary/aromatic N) is 6. The number of rotatable bonds is 9. The Hall–Kier alpha value is -5.23. The minimum Gasteiger partial charge on any atom is -0.384 e. The second-order valence-corrected chi connectivity index (χ2v) is 12.5. The highest BCUT2D eigenvalue weighted by atomic mass is 19.1. The van der Waals surface area contributed by atoms with Crippen LogP contribution in [0.15, 0.2) is 61.1 Å². The lowest BCUT2D eigenvalue weighted by Crippen LogP contribution is -2.20. The van der Waals surface area contributed by atoms with Crippen LogP contribution in [0.2, 0.25) is 0 Å². The van der Waals surface area contributed by atoms with Crippen molar-refractivity contribution in [1.29, 1.82) is 0 Å². The number of H-pyrrole nitrogens is 2. The molecule has 230 valence electrons. The van der Waals surface area contributed by atoms with Gasteiger partial charge in [-0.15, -0.1) is 0 Å². The molecule has 6 aromatic rings. The summed E-state index contributed by atoms with van der Waals surface area (Å²) < 4.78 is 14.7. The minimum atomic E-state index is -0.364. The van der Waals surface area contributed by atoms with Crippen LogP contribution in [0.1, 0.15) is 27.2 Å². The smallest absolute Gasteiger partial charge is 0.224 e. The number of aromatic amines is 2. The van der Waals surface area contributed by atoms with Gasteiger partial charge in [-0.25, -0.2) is 14.4 Å². The maximum atomic E-state index is 14.7. The molecule has 0 aliphatic heterocycles. The number of carbonyl (C=O) groups is 1. The van der Waals surface area contributed by atoms with E-state index in [1.807, 2.05) is 65.2 Å². The molecule has 0 fully saturated rings. The summed E-state index contributed by atoms with van der Waals surface area (Å²) in [4.78, 5) is 36.5. The van der Waals surface area contributed by atoms with Crippen LogP contribution in [-0.2, 0) is 4.79 Å². The number of fused-ring (bicyclic) bond motifs is 2. The molecule has 0 atom stereocenters. The fourth-order valence-electron chi connectivity index (χ4n) is 5.07. The van der Waals surface area contributed by atoms with Crippen molar-refractivity contribution in [2.45, 2.75) is 27.2 Å². The summed E-state index contributed by atoms with van der Waals surface area (Å²) in [5.74, 6) is 0.0600. The van der Waals surface area contributed by atoms with Crippen LogP contribution in [0.25, 0.3) is 56.1 Å². The first-order chi connectivity index (χ1) is 21.5. The van der Waals surface area contributed by atoms with Gasteiger partial charge in [0.2, 0.25) is 5.91 Å². The molecule has 0 spiro atoms. The number of nitrogens with one attached hydrogen (secondary N) is 4. The van der Waals surface area contributed by atoms with Gasteiger partial charge in [0.05, 0.1) is 34.3 Å². The fourth-order valence-corrected chi connectivity index (χ4v) is 5.07. The Morgan fingerprint density at radius 2 is 1.73 bits per heavy atom. The van der Waals surface area contributed by atoms with Crippen molar-refractivity contribution in [3.05, 3.63) is 66.9 Å². The van der Waals surface area contributed by atoms with Gasteiger partial charge in [-0.3, -0.25) is 19.9 Å². The van der Waals surface area contributed by atoms with Crippen molar-refractivity contribution >= 4 is 39.3 Å². The van der Waals surface area contributed by atoms with E-state index in [9.17, 15) is 9.18 Å². The van der Waals surface area contributed by atoms with E-state index in [1.165, 1.54) is 12.1 Å². The Kier molecular flexibility index (Phi) is 7.98. The first kappa shape index (κ1) is 29.8. The number of hydrogen-bond donors (Lipinski definition) is 4. The van der Waals surface area contributed by atoms with Gasteiger partial charge in [0, 0.05) is 48.7 Å². The number of halogens is 1. The van der Waals surface area contributed by atoms with Crippen molar-refractivity contribution in [2.24, 2.45) is 5.41 Å². The van der Waals surface area contributed by atoms with Crippen molar-refractivity contribution in [3.63, 3.8) is 0 Å². The first-order valence-electron chi connectivity index (χ1n) is 14.7. The summed E-state index contributed by atoms with van der Waals surface area (Å²) in [7, 11) is 3.98. The molecule has 5 aromatic heterocycles. The lowest BCUT2D eigenvalue weighted by Gasteiger charge is -2.17. The largest absolute Gasteiger partial charge is 0.384 e. The zero-order valence-electron chi connectivity index (χ0n) is 25.9. The van der Waals surface area contributed by atoms with Gasteiger partial charge in [-0.2, -0.15) is 5.10 Å². The number of amides is 1. The summed E-state index contributed by atoms with van der Waals surface area (Å²) in [6.07, 6.45) is 5.38. The third-order valence-corrected chi connectivity index (χ3v) is 7.10. The molecule has 1 aromatic carbocycles. The maximum absolute atomic E-state index is 14.7. The van der Waals surface area contributed by atoms with Gasteiger partial charge in [-0.1, -0.05) is 20.8 Å². The zero-order chi connectivity index (χ0) is 31.7. The van der Waals surface area contributed by atoms with Crippen LogP contribution in [0.5, 0.6) is 0 Å². The third kappa shape index (κ3) is 6.80. The second-order valence-electron chi connectivity index (χ2n) is 12.5. The van der Waals surface area contributed by atoms with Crippen LogP contribution < -0.4 is 10.6 Å². The number of hydrogen-bond acceptors (Lipinski definition) is 8. The van der Waals surface area contributed by atoms with Crippen molar-refractivity contribution < 1.29 is 9.18 Å². The maximum Gasteiger partial charge on any atom is 0.224 e. The molecule has 12 heteroatoms. The lowest BCUT2D eigenvalue weighted by molar-refractivity contribution is -0.117. The summed E-state index contributed by atoms with van der Waals surface area (Å²) >= 11 is 0. The molecule has 11 nitrogen and oxygen atoms in total. The number of likely N-dealkylation sites (N-methyl/N-ethyl adjacent to an activating group) is 1. The number of benzene rings is 1. The van der Waals surface area contributed by atoms with E-state index in [0.717, 1.165) is 23.1 Å². The van der Waals surface area contributed by atoms with Crippen LogP contribution >= 0.6 is 0 Å². The van der Waals surface area contributed by atoms with E-state index in [0.29, 0.717) is 63.8 Å². The molecule has 5 heterocycles. The third-order valence-electron chi connectivity index (χ3n) is 7.10. The molecule has 0 aliphatic rings. The first-order valence-corrected chi connectivity index (χ1v) is 14.7. The van der Waals surface area contributed by atoms with E-state index in [4.69, 9.17) is 9.97 Å². The van der Waals surface area contributed by atoms with Crippen LogP contribution in [-0.4, -0.2) is 73.1 Å². The standard InChI is InChI=1S/C33H35FN10O/c1-33(2,3)16-27(45)38-23-14-20(17-35-18-23)24-6-7-26-30(39-24)31(43-42-26)32-40-25-8-9-37-28(29(25)41-32)19-12-21(34)15-22(13-19)36-10-11-44(4)5/h6-9,12-15,17-18,36H,10-11,16H2,1-5H3,(H,38,45)(H,40,41)(H,42,43). The van der Waals surface area contributed by atoms with Crippen molar-refractivity contribution in [3.8, 4) is 34.0 Å². The summed E-state index contributed by atoms with van der Waals surface area (Å²) in [5, 5.41) is 13.8. The molecule has 0 saturated carbocycles. The molecule has 45 heavy (non-hydrogen) atoms. The van der Waals surface area contributed by atoms with Gasteiger partial charge < -0.3 is 20.5 Å². The highest BCUT2D eigenvalue weighted by molar-refractivity contribution is 5.95. The second kappa shape index (κ2) is 12.0. The van der Waals surface area contributed by atoms with Gasteiger partial charge in [0.25, 0.3) is 0 Å². The SMILES string of the molecule is CN(C)CCNc1cc(F)cc(-c2nccc3[nH]c(-c4n[nH]c5ccc(-c6cncc(NC(=O)CC(C)(C)C)c6)nc45)nc23)c1. The molecule has 6 rings (SSSR count). The fraction of sp³-hybridized carbons (Fsp3) is 0.273. The van der Waals surface area contributed by atoms with E-state index >= 15 is 0 Å². The monoisotopic (exact) mass is 606 g/mol. The molecule has 0 unspecified atom stereocenters. The Balaban J connectivity index is 1.33. The van der Waals surface area contributed by atoms with E-state index < -0.39 is 0 Å². The minimum absolute atomic E-state index is 0.0734. The molecule has 0 aliphatic carbocycles. The van der Waals surface area contributed by atoms with Crippen LogP contribution in [0.4, 0.5) is 15.8 Å². The average molecular weight is 607 g/mol. The predicted octanol–water partition coefficient (Wildman–Crippen LogP) is 6.11. The molecule has 0 saturated heterocycles. The molecule has 0 bridgehead atoms. The Bertz CT molecular complexity index is 2010. The Labute approximate surface area is 259 Å².